The first kappa shape index (κ1) is 13.2. The zero-order valence-corrected chi connectivity index (χ0v) is 11.5. The summed E-state index contributed by atoms with van der Waals surface area (Å²) < 4.78 is 0. The van der Waals surface area contributed by atoms with Crippen LogP contribution in [-0.2, 0) is 0 Å². The lowest BCUT2D eigenvalue weighted by atomic mass is 10.1. The highest BCUT2D eigenvalue weighted by atomic mass is 32.2. The van der Waals surface area contributed by atoms with Crippen LogP contribution in [0.4, 0.5) is 5.82 Å². The molecule has 96 valence electrons. The molecule has 1 aliphatic rings. The summed E-state index contributed by atoms with van der Waals surface area (Å²) in [6, 6.07) is 2.66. The van der Waals surface area contributed by atoms with Gasteiger partial charge in [-0.25, -0.2) is 9.97 Å². The van der Waals surface area contributed by atoms with E-state index in [9.17, 15) is 5.26 Å². The van der Waals surface area contributed by atoms with E-state index in [0.29, 0.717) is 17.4 Å². The molecule has 1 fully saturated rings. The second-order valence-electron chi connectivity index (χ2n) is 4.55. The quantitative estimate of drug-likeness (QED) is 0.515. The van der Waals surface area contributed by atoms with Gasteiger partial charge in [0, 0.05) is 6.04 Å². The first-order chi connectivity index (χ1) is 8.85. The molecule has 1 aliphatic carbocycles. The molecule has 1 aromatic heterocycles. The molecule has 0 aromatic carbocycles. The van der Waals surface area contributed by atoms with Gasteiger partial charge in [0.2, 0.25) is 0 Å². The van der Waals surface area contributed by atoms with Crippen molar-refractivity contribution in [3.8, 4) is 6.07 Å². The van der Waals surface area contributed by atoms with E-state index in [2.05, 4.69) is 21.4 Å². The van der Waals surface area contributed by atoms with Crippen LogP contribution in [-0.4, -0.2) is 22.3 Å². The predicted octanol–water partition coefficient (Wildman–Crippen LogP) is 3.20. The van der Waals surface area contributed by atoms with Gasteiger partial charge in [-0.1, -0.05) is 25.7 Å². The van der Waals surface area contributed by atoms with Crippen molar-refractivity contribution in [3.63, 3.8) is 0 Å². The van der Waals surface area contributed by atoms with E-state index in [1.165, 1.54) is 56.6 Å². The molecule has 0 radical (unpaired) electrons. The zero-order chi connectivity index (χ0) is 12.8. The Morgan fingerprint density at radius 3 is 2.61 bits per heavy atom. The van der Waals surface area contributed by atoms with Crippen molar-refractivity contribution < 1.29 is 0 Å². The van der Waals surface area contributed by atoms with Crippen LogP contribution >= 0.6 is 11.8 Å². The summed E-state index contributed by atoms with van der Waals surface area (Å²) in [7, 11) is 0. The molecule has 4 nitrogen and oxygen atoms in total. The number of hydrogen-bond acceptors (Lipinski definition) is 5. The SMILES string of the molecule is CSc1ncnc(NC2CCCCCC2)c1C#N. The summed E-state index contributed by atoms with van der Waals surface area (Å²) in [4.78, 5) is 8.35. The first-order valence-electron chi connectivity index (χ1n) is 6.40. The van der Waals surface area contributed by atoms with Crippen molar-refractivity contribution in [3.05, 3.63) is 11.9 Å². The smallest absolute Gasteiger partial charge is 0.148 e. The third kappa shape index (κ3) is 3.14. The van der Waals surface area contributed by atoms with Crippen LogP contribution in [0.15, 0.2) is 11.4 Å². The van der Waals surface area contributed by atoms with Gasteiger partial charge in [0.05, 0.1) is 0 Å². The molecule has 1 N–H and O–H groups in total. The minimum atomic E-state index is 0.448. The average Bonchev–Trinajstić information content (AvgIpc) is 2.67. The highest BCUT2D eigenvalue weighted by Crippen LogP contribution is 2.25. The summed E-state index contributed by atoms with van der Waals surface area (Å²) >= 11 is 1.49. The van der Waals surface area contributed by atoms with Crippen molar-refractivity contribution in [1.29, 1.82) is 5.26 Å². The maximum Gasteiger partial charge on any atom is 0.148 e. The van der Waals surface area contributed by atoms with Crippen LogP contribution in [0.2, 0.25) is 0 Å². The van der Waals surface area contributed by atoms with Gasteiger partial charge in [-0.15, -0.1) is 11.8 Å². The fourth-order valence-corrected chi connectivity index (χ4v) is 2.85. The Kier molecular flexibility index (Phi) is 4.82. The van der Waals surface area contributed by atoms with Crippen LogP contribution in [0.25, 0.3) is 0 Å². The number of nitrogens with one attached hydrogen (secondary N) is 1. The Balaban J connectivity index is 2.15. The van der Waals surface area contributed by atoms with Gasteiger partial charge >= 0.3 is 0 Å². The van der Waals surface area contributed by atoms with Gasteiger partial charge in [0.25, 0.3) is 0 Å². The van der Waals surface area contributed by atoms with E-state index in [0.717, 1.165) is 5.03 Å². The van der Waals surface area contributed by atoms with E-state index in [1.807, 2.05) is 6.26 Å². The summed E-state index contributed by atoms with van der Waals surface area (Å²) in [5.74, 6) is 0.698. The number of thioether (sulfide) groups is 1. The van der Waals surface area contributed by atoms with Crippen molar-refractivity contribution >= 4 is 17.6 Å². The molecular weight excluding hydrogens is 244 g/mol. The summed E-state index contributed by atoms with van der Waals surface area (Å²) in [6.45, 7) is 0. The summed E-state index contributed by atoms with van der Waals surface area (Å²) in [5, 5.41) is 13.4. The Morgan fingerprint density at radius 1 is 1.28 bits per heavy atom. The number of aromatic nitrogens is 2. The normalized spacial score (nSPS) is 16.9. The first-order valence-corrected chi connectivity index (χ1v) is 7.63. The highest BCUT2D eigenvalue weighted by molar-refractivity contribution is 7.98. The molecule has 1 heterocycles. The zero-order valence-electron chi connectivity index (χ0n) is 10.6. The molecule has 0 saturated heterocycles. The molecule has 0 aliphatic heterocycles. The predicted molar refractivity (Wildman–Crippen MR) is 73.6 cm³/mol. The third-order valence-electron chi connectivity index (χ3n) is 3.31. The summed E-state index contributed by atoms with van der Waals surface area (Å²) in [6.07, 6.45) is 11.0. The van der Waals surface area contributed by atoms with Crippen LogP contribution in [0.3, 0.4) is 0 Å². The number of nitriles is 1. The topological polar surface area (TPSA) is 61.6 Å². The van der Waals surface area contributed by atoms with E-state index in [1.54, 1.807) is 0 Å². The van der Waals surface area contributed by atoms with Gasteiger partial charge in [0.1, 0.15) is 28.8 Å². The van der Waals surface area contributed by atoms with E-state index >= 15 is 0 Å². The Bertz CT molecular complexity index is 433. The second-order valence-corrected chi connectivity index (χ2v) is 5.35. The maximum absolute atomic E-state index is 9.23. The molecule has 0 atom stereocenters. The highest BCUT2D eigenvalue weighted by Gasteiger charge is 2.16. The Morgan fingerprint density at radius 2 is 2.00 bits per heavy atom. The molecule has 5 heteroatoms. The Labute approximate surface area is 112 Å². The standard InChI is InChI=1S/C13H18N4S/c1-18-13-11(8-14)12(15-9-16-13)17-10-6-4-2-3-5-7-10/h9-10H,2-7H2,1H3,(H,15,16,17). The second kappa shape index (κ2) is 6.60. The molecule has 18 heavy (non-hydrogen) atoms. The Hall–Kier alpha value is -1.28. The van der Waals surface area contributed by atoms with Gasteiger partial charge in [-0.3, -0.25) is 0 Å². The molecule has 1 aromatic rings. The van der Waals surface area contributed by atoms with Crippen molar-refractivity contribution in [2.45, 2.75) is 49.6 Å². The fraction of sp³-hybridized carbons (Fsp3) is 0.615. The number of rotatable bonds is 3. The number of nitrogens with zero attached hydrogens (tertiary/aromatic N) is 3. The summed E-state index contributed by atoms with van der Waals surface area (Å²) in [5.41, 5.74) is 0.578. The maximum atomic E-state index is 9.23. The largest absolute Gasteiger partial charge is 0.366 e. The number of hydrogen-bond donors (Lipinski definition) is 1. The molecular formula is C13H18N4S. The van der Waals surface area contributed by atoms with Crippen LogP contribution < -0.4 is 5.32 Å². The lowest BCUT2D eigenvalue weighted by Gasteiger charge is -2.17. The molecule has 0 spiro atoms. The van der Waals surface area contributed by atoms with Crippen molar-refractivity contribution in [1.82, 2.24) is 9.97 Å². The number of anilines is 1. The van der Waals surface area contributed by atoms with E-state index in [-0.39, 0.29) is 0 Å². The van der Waals surface area contributed by atoms with Gasteiger partial charge in [0.15, 0.2) is 0 Å². The third-order valence-corrected chi connectivity index (χ3v) is 4.01. The van der Waals surface area contributed by atoms with Crippen molar-refractivity contribution in [2.24, 2.45) is 0 Å². The lowest BCUT2D eigenvalue weighted by molar-refractivity contribution is 0.616. The minimum absolute atomic E-state index is 0.448. The van der Waals surface area contributed by atoms with Crippen molar-refractivity contribution in [2.75, 3.05) is 11.6 Å². The monoisotopic (exact) mass is 262 g/mol. The fourth-order valence-electron chi connectivity index (χ4n) is 2.35. The van der Waals surface area contributed by atoms with Crippen LogP contribution in [0, 0.1) is 11.3 Å². The van der Waals surface area contributed by atoms with Gasteiger partial charge in [-0.2, -0.15) is 5.26 Å². The van der Waals surface area contributed by atoms with Gasteiger partial charge < -0.3 is 5.32 Å². The molecule has 2 rings (SSSR count). The minimum Gasteiger partial charge on any atom is -0.366 e. The van der Waals surface area contributed by atoms with E-state index < -0.39 is 0 Å². The molecule has 0 bridgehead atoms. The molecule has 1 saturated carbocycles. The van der Waals surface area contributed by atoms with Gasteiger partial charge in [-0.05, 0) is 19.1 Å². The van der Waals surface area contributed by atoms with E-state index in [4.69, 9.17) is 0 Å². The average molecular weight is 262 g/mol. The molecule has 0 amide bonds. The van der Waals surface area contributed by atoms with Crippen LogP contribution in [0.5, 0.6) is 0 Å². The van der Waals surface area contributed by atoms with Crippen LogP contribution in [0.1, 0.15) is 44.1 Å². The lowest BCUT2D eigenvalue weighted by Crippen LogP contribution is -2.20. The molecule has 0 unspecified atom stereocenters.